The van der Waals surface area contributed by atoms with Gasteiger partial charge in [-0.05, 0) is 43.3 Å². The summed E-state index contributed by atoms with van der Waals surface area (Å²) in [7, 11) is 0. The molecule has 30 heavy (non-hydrogen) atoms. The zero-order chi connectivity index (χ0) is 20.8. The molecule has 0 aliphatic carbocycles. The number of ether oxygens (including phenoxy) is 2. The lowest BCUT2D eigenvalue weighted by molar-refractivity contribution is -0.118. The lowest BCUT2D eigenvalue weighted by Crippen LogP contribution is -2.20. The van der Waals surface area contributed by atoms with E-state index in [1.807, 2.05) is 31.2 Å². The second-order valence-electron chi connectivity index (χ2n) is 6.46. The number of aryl methyl sites for hydroxylation is 1. The number of imidazole rings is 1. The van der Waals surface area contributed by atoms with Gasteiger partial charge < -0.3 is 14.8 Å². The second-order valence-corrected chi connectivity index (χ2v) is 6.46. The molecule has 150 valence electrons. The van der Waals surface area contributed by atoms with Gasteiger partial charge in [0.15, 0.2) is 6.61 Å². The normalized spacial score (nSPS) is 10.4. The fraction of sp³-hybridized carbons (Fsp3) is 0.0909. The van der Waals surface area contributed by atoms with E-state index in [1.54, 1.807) is 53.6 Å². The molecule has 0 unspecified atom stereocenters. The quantitative estimate of drug-likeness (QED) is 0.507. The minimum Gasteiger partial charge on any atom is -0.484 e. The molecule has 0 aliphatic heterocycles. The van der Waals surface area contributed by atoms with Gasteiger partial charge >= 0.3 is 0 Å². The Balaban J connectivity index is 1.32. The highest BCUT2D eigenvalue weighted by atomic mass is 16.5. The summed E-state index contributed by atoms with van der Waals surface area (Å²) in [6, 6.07) is 16.2. The maximum atomic E-state index is 12.1. The van der Waals surface area contributed by atoms with Crippen LogP contribution in [-0.2, 0) is 4.79 Å². The van der Waals surface area contributed by atoms with Crippen LogP contribution in [0, 0.1) is 6.92 Å². The van der Waals surface area contributed by atoms with E-state index >= 15 is 0 Å². The van der Waals surface area contributed by atoms with Crippen LogP contribution < -0.4 is 14.8 Å². The van der Waals surface area contributed by atoms with Crippen LogP contribution in [0.3, 0.4) is 0 Å². The molecule has 1 amide bonds. The Bertz CT molecular complexity index is 1110. The van der Waals surface area contributed by atoms with Gasteiger partial charge in [0.2, 0.25) is 5.88 Å². The summed E-state index contributed by atoms with van der Waals surface area (Å²) >= 11 is 0. The molecule has 2 aromatic carbocycles. The number of aromatic nitrogens is 4. The van der Waals surface area contributed by atoms with Crippen molar-refractivity contribution in [2.45, 2.75) is 6.92 Å². The monoisotopic (exact) mass is 401 g/mol. The zero-order valence-corrected chi connectivity index (χ0v) is 16.2. The minimum atomic E-state index is -0.245. The van der Waals surface area contributed by atoms with Crippen molar-refractivity contribution in [1.82, 2.24) is 19.5 Å². The van der Waals surface area contributed by atoms with E-state index in [0.29, 0.717) is 28.9 Å². The average Bonchev–Trinajstić information content (AvgIpc) is 3.30. The third-order valence-electron chi connectivity index (χ3n) is 4.15. The Labute approximate surface area is 173 Å². The highest BCUT2D eigenvalue weighted by Crippen LogP contribution is 2.22. The molecule has 8 nitrogen and oxygen atoms in total. The molecular formula is C22H19N5O3. The Morgan fingerprint density at radius 3 is 2.53 bits per heavy atom. The van der Waals surface area contributed by atoms with Gasteiger partial charge in [-0.2, -0.15) is 0 Å². The first-order valence-electron chi connectivity index (χ1n) is 9.23. The van der Waals surface area contributed by atoms with Crippen LogP contribution in [0.5, 0.6) is 17.4 Å². The van der Waals surface area contributed by atoms with Crippen molar-refractivity contribution in [3.8, 4) is 23.2 Å². The van der Waals surface area contributed by atoms with Crippen molar-refractivity contribution >= 4 is 11.6 Å². The Kier molecular flexibility index (Phi) is 5.66. The molecule has 0 spiro atoms. The molecule has 0 radical (unpaired) electrons. The maximum Gasteiger partial charge on any atom is 0.262 e. The lowest BCUT2D eigenvalue weighted by atomic mass is 10.2. The maximum absolute atomic E-state index is 12.1. The molecule has 0 atom stereocenters. The molecule has 4 rings (SSSR count). The van der Waals surface area contributed by atoms with Gasteiger partial charge in [0, 0.05) is 24.1 Å². The molecule has 2 aromatic heterocycles. The van der Waals surface area contributed by atoms with E-state index < -0.39 is 0 Å². The van der Waals surface area contributed by atoms with Crippen LogP contribution in [0.2, 0.25) is 0 Å². The second kappa shape index (κ2) is 8.87. The van der Waals surface area contributed by atoms with Crippen molar-refractivity contribution < 1.29 is 14.3 Å². The zero-order valence-electron chi connectivity index (χ0n) is 16.2. The first-order chi connectivity index (χ1) is 14.7. The Hall–Kier alpha value is -4.20. The number of amides is 1. The minimum absolute atomic E-state index is 0.0702. The van der Waals surface area contributed by atoms with Gasteiger partial charge in [0.25, 0.3) is 5.91 Å². The number of hydrogen-bond acceptors (Lipinski definition) is 6. The van der Waals surface area contributed by atoms with Crippen molar-refractivity contribution in [2.75, 3.05) is 11.9 Å². The summed E-state index contributed by atoms with van der Waals surface area (Å²) in [5, 5.41) is 2.79. The number of hydrogen-bond donors (Lipinski definition) is 1. The first-order valence-corrected chi connectivity index (χ1v) is 9.23. The predicted octanol–water partition coefficient (Wildman–Crippen LogP) is 3.78. The molecule has 0 aliphatic rings. The van der Waals surface area contributed by atoms with Gasteiger partial charge in [-0.25, -0.2) is 15.0 Å². The van der Waals surface area contributed by atoms with Crippen molar-refractivity contribution in [3.05, 3.63) is 85.2 Å². The van der Waals surface area contributed by atoms with Gasteiger partial charge in [0.1, 0.15) is 30.0 Å². The molecule has 0 bridgehead atoms. The predicted molar refractivity (Wildman–Crippen MR) is 111 cm³/mol. The van der Waals surface area contributed by atoms with E-state index in [4.69, 9.17) is 9.47 Å². The van der Waals surface area contributed by atoms with E-state index in [-0.39, 0.29) is 12.5 Å². The number of rotatable bonds is 7. The van der Waals surface area contributed by atoms with Crippen LogP contribution in [0.15, 0.2) is 79.6 Å². The molecule has 0 fully saturated rings. The average molecular weight is 401 g/mol. The van der Waals surface area contributed by atoms with E-state index in [9.17, 15) is 4.79 Å². The van der Waals surface area contributed by atoms with Crippen molar-refractivity contribution in [3.63, 3.8) is 0 Å². The summed E-state index contributed by atoms with van der Waals surface area (Å²) in [6.07, 6.45) is 6.52. The lowest BCUT2D eigenvalue weighted by Gasteiger charge is -2.09. The van der Waals surface area contributed by atoms with Crippen LogP contribution in [-0.4, -0.2) is 32.0 Å². The van der Waals surface area contributed by atoms with E-state index in [2.05, 4.69) is 20.3 Å². The number of benzene rings is 2. The topological polar surface area (TPSA) is 91.2 Å². The fourth-order valence-electron chi connectivity index (χ4n) is 2.63. The molecule has 0 saturated carbocycles. The summed E-state index contributed by atoms with van der Waals surface area (Å²) in [4.78, 5) is 24.4. The van der Waals surface area contributed by atoms with Crippen LogP contribution in [0.1, 0.15) is 5.56 Å². The highest BCUT2D eigenvalue weighted by molar-refractivity contribution is 5.91. The van der Waals surface area contributed by atoms with Gasteiger partial charge in [0.05, 0.1) is 0 Å². The van der Waals surface area contributed by atoms with Gasteiger partial charge in [-0.15, -0.1) is 0 Å². The first kappa shape index (κ1) is 19.1. The molecule has 2 heterocycles. The largest absolute Gasteiger partial charge is 0.484 e. The Morgan fingerprint density at radius 1 is 1.03 bits per heavy atom. The van der Waals surface area contributed by atoms with Crippen LogP contribution in [0.4, 0.5) is 5.69 Å². The number of carbonyl (C=O) groups excluding carboxylic acids is 1. The SMILES string of the molecule is Cc1ccc(OCC(=O)Nc2ccc(Oc3cc(-n4ccnc4)ncn3)cc2)cc1. The molecule has 1 N–H and O–H groups in total. The van der Waals surface area contributed by atoms with Crippen LogP contribution >= 0.6 is 0 Å². The summed E-state index contributed by atoms with van der Waals surface area (Å²) in [5.74, 6) is 2.04. The molecule has 8 heteroatoms. The summed E-state index contributed by atoms with van der Waals surface area (Å²) < 4.78 is 13.0. The Morgan fingerprint density at radius 2 is 1.80 bits per heavy atom. The standard InChI is InChI=1S/C22H19N5O3/c1-16-2-6-18(7-3-16)29-13-21(28)26-17-4-8-19(9-5-17)30-22-12-20(24-14-25-22)27-11-10-23-15-27/h2-12,14-15H,13H2,1H3,(H,26,28). The molecule has 0 saturated heterocycles. The van der Waals surface area contributed by atoms with Crippen LogP contribution in [0.25, 0.3) is 5.82 Å². The summed E-state index contributed by atoms with van der Waals surface area (Å²) in [5.41, 5.74) is 1.77. The van der Waals surface area contributed by atoms with E-state index in [1.165, 1.54) is 6.33 Å². The van der Waals surface area contributed by atoms with E-state index in [0.717, 1.165) is 5.56 Å². The fourth-order valence-corrected chi connectivity index (χ4v) is 2.63. The number of anilines is 1. The van der Waals surface area contributed by atoms with Gasteiger partial charge in [-0.3, -0.25) is 9.36 Å². The third-order valence-corrected chi connectivity index (χ3v) is 4.15. The number of nitrogens with zero attached hydrogens (tertiary/aromatic N) is 4. The molecule has 4 aromatic rings. The third kappa shape index (κ3) is 4.99. The van der Waals surface area contributed by atoms with Gasteiger partial charge in [-0.1, -0.05) is 17.7 Å². The number of carbonyl (C=O) groups is 1. The highest BCUT2D eigenvalue weighted by Gasteiger charge is 2.06. The smallest absolute Gasteiger partial charge is 0.262 e. The molecular weight excluding hydrogens is 382 g/mol. The van der Waals surface area contributed by atoms with Crippen molar-refractivity contribution in [2.24, 2.45) is 0 Å². The number of nitrogens with one attached hydrogen (secondary N) is 1. The summed E-state index contributed by atoms with van der Waals surface area (Å²) in [6.45, 7) is 1.92. The van der Waals surface area contributed by atoms with Crippen molar-refractivity contribution in [1.29, 1.82) is 0 Å².